The van der Waals surface area contributed by atoms with Crippen molar-refractivity contribution in [2.45, 2.75) is 26.2 Å². The van der Waals surface area contributed by atoms with Crippen molar-refractivity contribution in [3.8, 4) is 6.07 Å². The summed E-state index contributed by atoms with van der Waals surface area (Å²) in [7, 11) is -1.84. The summed E-state index contributed by atoms with van der Waals surface area (Å²) in [4.78, 5) is 4.25. The summed E-state index contributed by atoms with van der Waals surface area (Å²) < 4.78 is 33.9. The van der Waals surface area contributed by atoms with Crippen molar-refractivity contribution in [3.63, 3.8) is 0 Å². The minimum atomic E-state index is -3.52. The third-order valence-corrected chi connectivity index (χ3v) is 6.50. The van der Waals surface area contributed by atoms with Gasteiger partial charge in [-0.1, -0.05) is 12.1 Å². The van der Waals surface area contributed by atoms with E-state index in [9.17, 15) is 13.7 Å². The van der Waals surface area contributed by atoms with Crippen LogP contribution in [0.4, 0.5) is 5.69 Å². The zero-order valence-electron chi connectivity index (χ0n) is 16.1. The fraction of sp³-hybridized carbons (Fsp3) is 0.368. The van der Waals surface area contributed by atoms with Crippen LogP contribution >= 0.6 is 0 Å². The molecule has 148 valence electrons. The second kappa shape index (κ2) is 7.66. The number of nitriles is 1. The van der Waals surface area contributed by atoms with E-state index >= 15 is 0 Å². The van der Waals surface area contributed by atoms with Crippen molar-refractivity contribution in [3.05, 3.63) is 52.6 Å². The van der Waals surface area contributed by atoms with Gasteiger partial charge in [0.2, 0.25) is 5.88 Å². The van der Waals surface area contributed by atoms with Gasteiger partial charge in [0.1, 0.15) is 17.4 Å². The van der Waals surface area contributed by atoms with Crippen molar-refractivity contribution in [2.24, 2.45) is 10.7 Å². The maximum Gasteiger partial charge on any atom is 0.301 e. The highest BCUT2D eigenvalue weighted by atomic mass is 32.2. The molecule has 9 heteroatoms. The first-order valence-corrected chi connectivity index (χ1v) is 10.3. The fourth-order valence-electron chi connectivity index (χ4n) is 3.52. The van der Waals surface area contributed by atoms with Crippen molar-refractivity contribution in [1.82, 2.24) is 4.72 Å². The molecule has 2 aliphatic rings. The van der Waals surface area contributed by atoms with E-state index in [1.807, 2.05) is 19.1 Å². The van der Waals surface area contributed by atoms with Crippen LogP contribution in [-0.2, 0) is 14.9 Å². The summed E-state index contributed by atoms with van der Waals surface area (Å²) in [6, 6.07) is 9.26. The molecule has 0 aromatic heterocycles. The van der Waals surface area contributed by atoms with Gasteiger partial charge in [0.05, 0.1) is 11.6 Å². The minimum Gasteiger partial charge on any atom is -0.445 e. The Morgan fingerprint density at radius 2 is 2.07 bits per heavy atom. The Hall–Kier alpha value is -2.83. The van der Waals surface area contributed by atoms with Crippen LogP contribution in [0, 0.1) is 11.3 Å². The van der Waals surface area contributed by atoms with Gasteiger partial charge in [0.15, 0.2) is 0 Å². The van der Waals surface area contributed by atoms with Crippen LogP contribution in [0.2, 0.25) is 0 Å². The standard InChI is InChI=1S/C19H23N5O3S/c1-12(22-3)17-13(2)27-19(21)16(11-20)18(17)14-5-7-15(8-6-14)24-10-4-9-23-28(24,25)26/h5-8,18,23H,4,9-10,21H2,1-3H3. The van der Waals surface area contributed by atoms with Crippen molar-refractivity contribution < 1.29 is 13.2 Å². The number of nitrogens with zero attached hydrogens (tertiary/aromatic N) is 3. The van der Waals surface area contributed by atoms with Crippen LogP contribution in [0.5, 0.6) is 0 Å². The van der Waals surface area contributed by atoms with E-state index in [0.717, 1.165) is 23.3 Å². The van der Waals surface area contributed by atoms with Crippen LogP contribution in [0.15, 0.2) is 52.0 Å². The number of allylic oxidation sites excluding steroid dienone is 3. The number of rotatable bonds is 3. The lowest BCUT2D eigenvalue weighted by Crippen LogP contribution is -2.47. The van der Waals surface area contributed by atoms with Gasteiger partial charge in [-0.15, -0.1) is 0 Å². The molecule has 1 atom stereocenters. The molecular weight excluding hydrogens is 378 g/mol. The maximum absolute atomic E-state index is 12.2. The van der Waals surface area contributed by atoms with Gasteiger partial charge in [-0.25, -0.2) is 0 Å². The van der Waals surface area contributed by atoms with Gasteiger partial charge in [-0.3, -0.25) is 9.30 Å². The average Bonchev–Trinajstić information content (AvgIpc) is 2.67. The smallest absolute Gasteiger partial charge is 0.301 e. The Kier molecular flexibility index (Phi) is 5.45. The van der Waals surface area contributed by atoms with Crippen molar-refractivity contribution in [1.29, 1.82) is 5.26 Å². The summed E-state index contributed by atoms with van der Waals surface area (Å²) in [6.07, 6.45) is 0.733. The predicted octanol–water partition coefficient (Wildman–Crippen LogP) is 1.90. The van der Waals surface area contributed by atoms with E-state index in [-0.39, 0.29) is 5.88 Å². The molecule has 8 nitrogen and oxygen atoms in total. The average molecular weight is 401 g/mol. The van der Waals surface area contributed by atoms with Crippen LogP contribution in [-0.4, -0.2) is 34.3 Å². The first kappa shape index (κ1) is 19.9. The highest BCUT2D eigenvalue weighted by Gasteiger charge is 2.33. The maximum atomic E-state index is 12.2. The molecule has 0 aliphatic carbocycles. The Labute approximate surface area is 165 Å². The lowest BCUT2D eigenvalue weighted by molar-refractivity contribution is 0.283. The van der Waals surface area contributed by atoms with Gasteiger partial charge in [0, 0.05) is 31.4 Å². The summed E-state index contributed by atoms with van der Waals surface area (Å²) in [6.45, 7) is 4.51. The number of aliphatic imine (C=N–C) groups is 1. The van der Waals surface area contributed by atoms with E-state index in [1.165, 1.54) is 4.31 Å². The van der Waals surface area contributed by atoms with E-state index in [4.69, 9.17) is 10.5 Å². The number of nitrogens with two attached hydrogens (primary N) is 1. The molecule has 1 fully saturated rings. The lowest BCUT2D eigenvalue weighted by atomic mass is 9.81. The van der Waals surface area contributed by atoms with Crippen LogP contribution in [0.1, 0.15) is 31.7 Å². The lowest BCUT2D eigenvalue weighted by Gasteiger charge is -2.30. The molecule has 2 aliphatic heterocycles. The van der Waals surface area contributed by atoms with Gasteiger partial charge < -0.3 is 10.5 Å². The van der Waals surface area contributed by atoms with E-state index in [2.05, 4.69) is 15.8 Å². The molecule has 3 N–H and O–H groups in total. The van der Waals surface area contributed by atoms with E-state index < -0.39 is 16.1 Å². The monoisotopic (exact) mass is 401 g/mol. The summed E-state index contributed by atoms with van der Waals surface area (Å²) >= 11 is 0. The quantitative estimate of drug-likeness (QED) is 0.750. The van der Waals surface area contributed by atoms with Crippen molar-refractivity contribution >= 4 is 21.6 Å². The molecule has 1 aromatic carbocycles. The Morgan fingerprint density at radius 1 is 1.39 bits per heavy atom. The number of ether oxygens (including phenoxy) is 1. The molecule has 3 rings (SSSR count). The van der Waals surface area contributed by atoms with Crippen LogP contribution in [0.3, 0.4) is 0 Å². The Balaban J connectivity index is 2.05. The molecule has 1 aromatic rings. The van der Waals surface area contributed by atoms with Gasteiger partial charge >= 0.3 is 10.2 Å². The van der Waals surface area contributed by atoms with E-state index in [0.29, 0.717) is 30.1 Å². The molecule has 1 unspecified atom stereocenters. The number of anilines is 1. The largest absolute Gasteiger partial charge is 0.445 e. The molecule has 0 bridgehead atoms. The van der Waals surface area contributed by atoms with E-state index in [1.54, 1.807) is 26.1 Å². The number of nitrogens with one attached hydrogen (secondary N) is 1. The minimum absolute atomic E-state index is 0.0736. The van der Waals surface area contributed by atoms with Crippen LogP contribution < -0.4 is 14.8 Å². The normalized spacial score (nSPS) is 22.7. The topological polar surface area (TPSA) is 121 Å². The second-order valence-corrected chi connectivity index (χ2v) is 8.30. The third-order valence-electron chi connectivity index (χ3n) is 4.96. The van der Waals surface area contributed by atoms with Gasteiger partial charge in [0.25, 0.3) is 0 Å². The fourth-order valence-corrected chi connectivity index (χ4v) is 4.85. The highest BCUT2D eigenvalue weighted by Crippen LogP contribution is 2.40. The molecule has 0 spiro atoms. The summed E-state index contributed by atoms with van der Waals surface area (Å²) in [5, 5.41) is 9.65. The molecule has 2 heterocycles. The molecule has 1 saturated heterocycles. The highest BCUT2D eigenvalue weighted by molar-refractivity contribution is 7.90. The van der Waals surface area contributed by atoms with Crippen molar-refractivity contribution in [2.75, 3.05) is 24.4 Å². The SMILES string of the molecule is CN=C(C)C1=C(C)OC(N)=C(C#N)C1c1ccc(N2CCCNS2(=O)=O)cc1. The van der Waals surface area contributed by atoms with Crippen LogP contribution in [0.25, 0.3) is 0 Å². The zero-order chi connectivity index (χ0) is 20.5. The summed E-state index contributed by atoms with van der Waals surface area (Å²) in [5.74, 6) is 0.244. The predicted molar refractivity (Wildman–Crippen MR) is 108 cm³/mol. The molecular formula is C19H23N5O3S. The summed E-state index contributed by atoms with van der Waals surface area (Å²) in [5.41, 5.74) is 9.18. The first-order valence-electron chi connectivity index (χ1n) is 8.89. The Morgan fingerprint density at radius 3 is 2.64 bits per heavy atom. The second-order valence-electron chi connectivity index (χ2n) is 6.62. The number of benzene rings is 1. The molecule has 28 heavy (non-hydrogen) atoms. The molecule has 0 amide bonds. The Bertz CT molecular complexity index is 1020. The number of hydrogen-bond acceptors (Lipinski definition) is 6. The van der Waals surface area contributed by atoms with Gasteiger partial charge in [-0.2, -0.15) is 18.4 Å². The zero-order valence-corrected chi connectivity index (χ0v) is 16.9. The third kappa shape index (κ3) is 3.48. The first-order chi connectivity index (χ1) is 13.3. The molecule has 0 saturated carbocycles. The van der Waals surface area contributed by atoms with Gasteiger partial charge in [-0.05, 0) is 38.0 Å². The molecule has 0 radical (unpaired) electrons. The number of hydrogen-bond donors (Lipinski definition) is 2.